The van der Waals surface area contributed by atoms with Gasteiger partial charge in [-0.3, -0.25) is 4.90 Å². The summed E-state index contributed by atoms with van der Waals surface area (Å²) in [6, 6.07) is 0.184. The molecule has 2 unspecified atom stereocenters. The molecule has 0 saturated carbocycles. The molecule has 1 fully saturated rings. The monoisotopic (exact) mass is 394 g/mol. The number of likely N-dealkylation sites (tertiary alicyclic amines) is 1. The van der Waals surface area contributed by atoms with Crippen molar-refractivity contribution < 1.29 is 14.1 Å². The molecular weight excluding hydrogens is 356 g/mol. The zero-order valence-corrected chi connectivity index (χ0v) is 18.9. The van der Waals surface area contributed by atoms with Crippen LogP contribution in [0, 0.1) is 5.92 Å². The van der Waals surface area contributed by atoms with E-state index in [1.807, 2.05) is 39.5 Å². The first-order valence-electron chi connectivity index (χ1n) is 10.5. The van der Waals surface area contributed by atoms with Crippen LogP contribution in [0.25, 0.3) is 0 Å². The van der Waals surface area contributed by atoms with Crippen LogP contribution < -0.4 is 0 Å². The topological polar surface area (TPSA) is 71.7 Å². The molecule has 0 N–H and O–H groups in total. The van der Waals surface area contributed by atoms with Gasteiger partial charge in [-0.05, 0) is 66.8 Å². The lowest BCUT2D eigenvalue weighted by Crippen LogP contribution is -2.47. The minimum Gasteiger partial charge on any atom is -0.444 e. The zero-order chi connectivity index (χ0) is 21.1. The number of hydrogen-bond donors (Lipinski definition) is 0. The van der Waals surface area contributed by atoms with E-state index in [2.05, 4.69) is 35.8 Å². The molecule has 0 aromatic carbocycles. The van der Waals surface area contributed by atoms with E-state index in [1.165, 1.54) is 0 Å². The number of piperidine rings is 1. The van der Waals surface area contributed by atoms with E-state index in [9.17, 15) is 4.79 Å². The lowest BCUT2D eigenvalue weighted by atomic mass is 9.96. The molecule has 1 saturated heterocycles. The fourth-order valence-corrected chi connectivity index (χ4v) is 3.50. The van der Waals surface area contributed by atoms with Gasteiger partial charge in [0.15, 0.2) is 5.82 Å². The molecule has 1 aliphatic heterocycles. The average molecular weight is 395 g/mol. The summed E-state index contributed by atoms with van der Waals surface area (Å²) in [5.74, 6) is 2.09. The van der Waals surface area contributed by atoms with Crippen LogP contribution in [0.4, 0.5) is 4.79 Å². The highest BCUT2D eigenvalue weighted by atomic mass is 16.6. The number of carbonyl (C=O) groups excluding carboxylic acids is 1. The highest BCUT2D eigenvalue weighted by molar-refractivity contribution is 5.68. The van der Waals surface area contributed by atoms with Crippen molar-refractivity contribution in [3.63, 3.8) is 0 Å². The lowest BCUT2D eigenvalue weighted by Gasteiger charge is -2.39. The predicted molar refractivity (Wildman–Crippen MR) is 109 cm³/mol. The summed E-state index contributed by atoms with van der Waals surface area (Å²) in [6.45, 7) is 18.7. The summed E-state index contributed by atoms with van der Waals surface area (Å²) in [7, 11) is 0. The van der Waals surface area contributed by atoms with Crippen molar-refractivity contribution >= 4 is 6.09 Å². The summed E-state index contributed by atoms with van der Waals surface area (Å²) in [5.41, 5.74) is -0.483. The first kappa shape index (κ1) is 22.7. The van der Waals surface area contributed by atoms with Crippen LogP contribution in [0.15, 0.2) is 4.52 Å². The Morgan fingerprint density at radius 3 is 2.50 bits per heavy atom. The molecule has 0 radical (unpaired) electrons. The number of nitrogens with zero attached hydrogens (tertiary/aromatic N) is 4. The van der Waals surface area contributed by atoms with E-state index >= 15 is 0 Å². The van der Waals surface area contributed by atoms with Gasteiger partial charge in [-0.25, -0.2) is 4.79 Å². The molecule has 0 aliphatic carbocycles. The lowest BCUT2D eigenvalue weighted by molar-refractivity contribution is 0.0101. The second-order valence-corrected chi connectivity index (χ2v) is 9.55. The molecule has 2 rings (SSSR count). The zero-order valence-electron chi connectivity index (χ0n) is 18.9. The van der Waals surface area contributed by atoms with Crippen molar-refractivity contribution in [2.75, 3.05) is 19.6 Å². The second-order valence-electron chi connectivity index (χ2n) is 9.55. The molecular formula is C21H38N4O3. The molecule has 0 bridgehead atoms. The summed E-state index contributed by atoms with van der Waals surface area (Å²) in [4.78, 5) is 21.4. The van der Waals surface area contributed by atoms with E-state index in [0.29, 0.717) is 18.4 Å². The molecule has 0 spiro atoms. The number of carbonyl (C=O) groups is 1. The van der Waals surface area contributed by atoms with E-state index in [-0.39, 0.29) is 24.1 Å². The summed E-state index contributed by atoms with van der Waals surface area (Å²) < 4.78 is 11.1. The maximum atomic E-state index is 12.6. The summed E-state index contributed by atoms with van der Waals surface area (Å²) >= 11 is 0. The van der Waals surface area contributed by atoms with Crippen LogP contribution in [-0.2, 0) is 4.74 Å². The van der Waals surface area contributed by atoms with Crippen LogP contribution in [0.2, 0.25) is 0 Å². The Bertz CT molecular complexity index is 636. The fourth-order valence-electron chi connectivity index (χ4n) is 3.50. The van der Waals surface area contributed by atoms with Gasteiger partial charge in [0.25, 0.3) is 0 Å². The van der Waals surface area contributed by atoms with Gasteiger partial charge in [-0.15, -0.1) is 0 Å². The van der Waals surface area contributed by atoms with Crippen molar-refractivity contribution in [2.45, 2.75) is 91.8 Å². The molecule has 28 heavy (non-hydrogen) atoms. The molecule has 1 aliphatic rings. The summed E-state index contributed by atoms with van der Waals surface area (Å²) in [5, 5.41) is 4.10. The van der Waals surface area contributed by atoms with Gasteiger partial charge >= 0.3 is 6.09 Å². The van der Waals surface area contributed by atoms with Crippen LogP contribution in [0.5, 0.6) is 0 Å². The van der Waals surface area contributed by atoms with E-state index in [0.717, 1.165) is 31.8 Å². The fraction of sp³-hybridized carbons (Fsp3) is 0.857. The van der Waals surface area contributed by atoms with Gasteiger partial charge in [0.1, 0.15) is 5.60 Å². The number of amides is 1. The molecule has 7 heteroatoms. The Kier molecular flexibility index (Phi) is 7.48. The van der Waals surface area contributed by atoms with Crippen LogP contribution in [0.3, 0.4) is 0 Å². The number of rotatable bonds is 6. The van der Waals surface area contributed by atoms with Crippen LogP contribution in [-0.4, -0.2) is 57.3 Å². The third-order valence-electron chi connectivity index (χ3n) is 5.14. The molecule has 2 heterocycles. The first-order valence-corrected chi connectivity index (χ1v) is 10.5. The highest BCUT2D eigenvalue weighted by Gasteiger charge is 2.31. The minimum atomic E-state index is -0.483. The van der Waals surface area contributed by atoms with Crippen molar-refractivity contribution in [3.8, 4) is 0 Å². The maximum Gasteiger partial charge on any atom is 0.410 e. The van der Waals surface area contributed by atoms with E-state index in [4.69, 9.17) is 9.26 Å². The summed E-state index contributed by atoms with van der Waals surface area (Å²) in [6.07, 6.45) is 1.97. The average Bonchev–Trinajstić information content (AvgIpc) is 3.07. The Hall–Kier alpha value is -1.63. The third kappa shape index (κ3) is 6.19. The SMILES string of the molecule is CC(C)c1noc(C(C)N2CCCC(CN(C(=O)OC(C)(C)C)C(C)C)C2)n1. The maximum absolute atomic E-state index is 12.6. The number of aromatic nitrogens is 2. The second kappa shape index (κ2) is 9.25. The predicted octanol–water partition coefficient (Wildman–Crippen LogP) is 4.61. The Morgan fingerprint density at radius 1 is 1.29 bits per heavy atom. The standard InChI is InChI=1S/C21H38N4O3/c1-14(2)18-22-19(28-23-18)16(5)24-11-9-10-17(12-24)13-25(15(3)4)20(26)27-21(6,7)8/h14-17H,9-13H2,1-8H3. The van der Waals surface area contributed by atoms with E-state index in [1.54, 1.807) is 0 Å². The minimum absolute atomic E-state index is 0.0804. The molecule has 2 atom stereocenters. The van der Waals surface area contributed by atoms with Gasteiger partial charge in [0.2, 0.25) is 5.89 Å². The van der Waals surface area contributed by atoms with Gasteiger partial charge in [-0.1, -0.05) is 19.0 Å². The van der Waals surface area contributed by atoms with Crippen molar-refractivity contribution in [1.82, 2.24) is 19.9 Å². The van der Waals surface area contributed by atoms with Crippen LogP contribution >= 0.6 is 0 Å². The smallest absolute Gasteiger partial charge is 0.410 e. The van der Waals surface area contributed by atoms with Gasteiger partial charge in [-0.2, -0.15) is 4.98 Å². The van der Waals surface area contributed by atoms with Crippen LogP contribution in [0.1, 0.15) is 91.9 Å². The Balaban J connectivity index is 2.01. The third-order valence-corrected chi connectivity index (χ3v) is 5.14. The molecule has 1 aromatic rings. The van der Waals surface area contributed by atoms with Gasteiger partial charge < -0.3 is 14.2 Å². The van der Waals surface area contributed by atoms with Gasteiger partial charge in [0, 0.05) is 25.0 Å². The van der Waals surface area contributed by atoms with Crippen molar-refractivity contribution in [2.24, 2.45) is 5.92 Å². The number of ether oxygens (including phenoxy) is 1. The quantitative estimate of drug-likeness (QED) is 0.701. The van der Waals surface area contributed by atoms with Crippen molar-refractivity contribution in [3.05, 3.63) is 11.7 Å². The van der Waals surface area contributed by atoms with E-state index < -0.39 is 5.60 Å². The largest absolute Gasteiger partial charge is 0.444 e. The Labute approximate surface area is 169 Å². The molecule has 1 amide bonds. The van der Waals surface area contributed by atoms with Crippen molar-refractivity contribution in [1.29, 1.82) is 0 Å². The highest BCUT2D eigenvalue weighted by Crippen LogP contribution is 2.27. The normalized spacial score (nSPS) is 19.9. The number of hydrogen-bond acceptors (Lipinski definition) is 6. The molecule has 7 nitrogen and oxygen atoms in total. The Morgan fingerprint density at radius 2 is 1.96 bits per heavy atom. The molecule has 160 valence electrons. The first-order chi connectivity index (χ1) is 13.0. The van der Waals surface area contributed by atoms with Gasteiger partial charge in [0.05, 0.1) is 6.04 Å². The molecule has 1 aromatic heterocycles.